The average molecular weight is 632 g/mol. The predicted molar refractivity (Wildman–Crippen MR) is 170 cm³/mol. The molecule has 0 aliphatic rings. The van der Waals surface area contributed by atoms with Crippen LogP contribution in [0.3, 0.4) is 0 Å². The molecule has 0 bridgehead atoms. The molecule has 0 saturated heterocycles. The van der Waals surface area contributed by atoms with Gasteiger partial charge in [-0.25, -0.2) is 9.59 Å². The van der Waals surface area contributed by atoms with Gasteiger partial charge in [-0.3, -0.25) is 25.0 Å². The minimum atomic E-state index is -1.11. The van der Waals surface area contributed by atoms with Crippen molar-refractivity contribution in [3.8, 4) is 22.3 Å². The lowest BCUT2D eigenvalue weighted by Gasteiger charge is -2.17. The Kier molecular flexibility index (Phi) is 12.3. The lowest BCUT2D eigenvalue weighted by Crippen LogP contribution is -2.42. The third-order valence-corrected chi connectivity index (χ3v) is 7.12. The van der Waals surface area contributed by atoms with E-state index in [1.165, 1.54) is 43.5 Å². The highest BCUT2D eigenvalue weighted by Crippen LogP contribution is 2.29. The number of nitro groups is 2. The smallest absolute Gasteiger partial charge is 0.336 e. The van der Waals surface area contributed by atoms with E-state index in [1.807, 2.05) is 12.3 Å². The Bertz CT molecular complexity index is 1680. The number of rotatable bonds is 11. The molecule has 0 aliphatic heterocycles. The molecule has 0 saturated carbocycles. The molecule has 4 aromatic rings. The number of nitrogens with zero attached hydrogens (tertiary/aromatic N) is 2. The van der Waals surface area contributed by atoms with Crippen LogP contribution < -0.4 is 5.32 Å². The van der Waals surface area contributed by atoms with E-state index in [0.29, 0.717) is 34.4 Å². The van der Waals surface area contributed by atoms with Gasteiger partial charge in [0.05, 0.1) is 22.5 Å². The second-order valence-corrected chi connectivity index (χ2v) is 10.3. The van der Waals surface area contributed by atoms with Gasteiger partial charge in [-0.05, 0) is 41.7 Å². The summed E-state index contributed by atoms with van der Waals surface area (Å²) in [5, 5.41) is 33.6. The molecule has 0 fully saturated rings. The fourth-order valence-electron chi connectivity index (χ4n) is 4.25. The molecule has 0 aromatic heterocycles. The molecule has 13 heteroatoms. The van der Waals surface area contributed by atoms with Crippen molar-refractivity contribution in [3.05, 3.63) is 128 Å². The Labute approximate surface area is 262 Å². The van der Waals surface area contributed by atoms with Crippen LogP contribution in [0.2, 0.25) is 0 Å². The van der Waals surface area contributed by atoms with Crippen LogP contribution in [0.5, 0.6) is 0 Å². The van der Waals surface area contributed by atoms with E-state index in [2.05, 4.69) is 5.32 Å². The van der Waals surface area contributed by atoms with E-state index in [4.69, 9.17) is 9.84 Å². The number of nitro benzene ring substituents is 2. The zero-order valence-corrected chi connectivity index (χ0v) is 25.1. The SMILES string of the molecule is COC(=O)[C@H](CCSC)NC(=O)c1ccc([N+](=O)[O-])cc1-c1ccccc1.O=C(O)c1ccc([N+](=O)[O-])cc1-c1ccccc1. The molecule has 0 radical (unpaired) electrons. The number of hydrogen-bond acceptors (Lipinski definition) is 9. The van der Waals surface area contributed by atoms with Crippen LogP contribution in [0.4, 0.5) is 11.4 Å². The number of carbonyl (C=O) groups is 3. The van der Waals surface area contributed by atoms with Crippen molar-refractivity contribution in [2.75, 3.05) is 19.1 Å². The lowest BCUT2D eigenvalue weighted by atomic mass is 9.98. The van der Waals surface area contributed by atoms with Gasteiger partial charge in [0.25, 0.3) is 17.3 Å². The summed E-state index contributed by atoms with van der Waals surface area (Å²) in [5.41, 5.74) is 2.14. The first-order valence-electron chi connectivity index (χ1n) is 13.4. The minimum absolute atomic E-state index is 0.0480. The Balaban J connectivity index is 0.000000265. The van der Waals surface area contributed by atoms with E-state index in [9.17, 15) is 34.6 Å². The van der Waals surface area contributed by atoms with E-state index in [0.717, 1.165) is 0 Å². The molecule has 2 N–H and O–H groups in total. The third kappa shape index (κ3) is 9.21. The number of aromatic carboxylic acids is 1. The molecular weight excluding hydrogens is 602 g/mol. The van der Waals surface area contributed by atoms with Crippen molar-refractivity contribution in [3.63, 3.8) is 0 Å². The molecule has 1 atom stereocenters. The normalized spacial score (nSPS) is 10.9. The standard InChI is InChI=1S/C19H20N2O5S.C13H9NO4/c1-26-19(23)17(10-11-27-2)20-18(22)15-9-8-14(21(24)25)12-16(15)13-6-4-3-5-7-13;15-13(16)11-7-6-10(14(17)18)8-12(11)9-4-2-1-3-5-9/h3-9,12,17H,10-11H2,1-2H3,(H,20,22);1-8H,(H,15,16)/t17-;/m0./s1. The van der Waals surface area contributed by atoms with Crippen LogP contribution in [0, 0.1) is 20.2 Å². The Morgan fingerprint density at radius 1 is 0.800 bits per heavy atom. The van der Waals surface area contributed by atoms with E-state index in [1.54, 1.807) is 66.4 Å². The number of carbonyl (C=O) groups excluding carboxylic acids is 2. The van der Waals surface area contributed by atoms with Crippen LogP contribution in [-0.2, 0) is 9.53 Å². The van der Waals surface area contributed by atoms with Crippen molar-refractivity contribution in [1.29, 1.82) is 0 Å². The number of ether oxygens (including phenoxy) is 1. The summed E-state index contributed by atoms with van der Waals surface area (Å²) in [6.45, 7) is 0. The van der Waals surface area contributed by atoms with Crippen LogP contribution in [0.1, 0.15) is 27.1 Å². The Morgan fingerprint density at radius 3 is 1.69 bits per heavy atom. The molecule has 0 heterocycles. The number of carboxylic acids is 1. The van der Waals surface area contributed by atoms with Gasteiger partial charge >= 0.3 is 11.9 Å². The summed E-state index contributed by atoms with van der Waals surface area (Å²) >= 11 is 1.55. The van der Waals surface area contributed by atoms with Crippen LogP contribution in [-0.4, -0.2) is 58.0 Å². The Morgan fingerprint density at radius 2 is 1.27 bits per heavy atom. The summed E-state index contributed by atoms with van der Waals surface area (Å²) in [4.78, 5) is 56.7. The molecule has 0 unspecified atom stereocenters. The average Bonchev–Trinajstić information content (AvgIpc) is 3.06. The minimum Gasteiger partial charge on any atom is -0.478 e. The fraction of sp³-hybridized carbons (Fsp3) is 0.156. The van der Waals surface area contributed by atoms with Gasteiger partial charge in [0, 0.05) is 41.0 Å². The second kappa shape index (κ2) is 16.3. The number of nitrogens with one attached hydrogen (secondary N) is 1. The first kappa shape index (κ1) is 33.9. The summed E-state index contributed by atoms with van der Waals surface area (Å²) in [6.07, 6.45) is 2.33. The monoisotopic (exact) mass is 631 g/mol. The third-order valence-electron chi connectivity index (χ3n) is 6.47. The van der Waals surface area contributed by atoms with Crippen LogP contribution in [0.15, 0.2) is 97.1 Å². The number of esters is 1. The molecule has 0 aliphatic carbocycles. The maximum atomic E-state index is 12.8. The molecule has 1 amide bonds. The fourth-order valence-corrected chi connectivity index (χ4v) is 4.72. The lowest BCUT2D eigenvalue weighted by molar-refractivity contribution is -0.385. The van der Waals surface area contributed by atoms with Gasteiger partial charge in [0.2, 0.25) is 0 Å². The van der Waals surface area contributed by atoms with Crippen molar-refractivity contribution in [1.82, 2.24) is 5.32 Å². The van der Waals surface area contributed by atoms with Crippen molar-refractivity contribution < 1.29 is 34.1 Å². The van der Waals surface area contributed by atoms with Gasteiger partial charge in [-0.15, -0.1) is 0 Å². The summed E-state index contributed by atoms with van der Waals surface area (Å²) in [6, 6.07) is 24.6. The number of carboxylic acid groups (broad SMARTS) is 1. The highest BCUT2D eigenvalue weighted by molar-refractivity contribution is 7.98. The summed E-state index contributed by atoms with van der Waals surface area (Å²) in [7, 11) is 1.27. The molecule has 232 valence electrons. The van der Waals surface area contributed by atoms with Gasteiger partial charge in [0.1, 0.15) is 6.04 Å². The second-order valence-electron chi connectivity index (χ2n) is 9.34. The first-order chi connectivity index (χ1) is 21.6. The van der Waals surface area contributed by atoms with Crippen LogP contribution >= 0.6 is 11.8 Å². The van der Waals surface area contributed by atoms with Crippen LogP contribution in [0.25, 0.3) is 22.3 Å². The maximum Gasteiger partial charge on any atom is 0.336 e. The highest BCUT2D eigenvalue weighted by Gasteiger charge is 2.24. The van der Waals surface area contributed by atoms with Crippen molar-refractivity contribution in [2.45, 2.75) is 12.5 Å². The topological polar surface area (TPSA) is 179 Å². The highest BCUT2D eigenvalue weighted by atomic mass is 32.2. The van der Waals surface area contributed by atoms with E-state index >= 15 is 0 Å². The Hall–Kier alpha value is -5.56. The number of methoxy groups -OCH3 is 1. The van der Waals surface area contributed by atoms with Gasteiger partial charge in [0.15, 0.2) is 0 Å². The molecule has 12 nitrogen and oxygen atoms in total. The van der Waals surface area contributed by atoms with E-state index in [-0.39, 0.29) is 22.5 Å². The quantitative estimate of drug-likeness (QED) is 0.109. The zero-order valence-electron chi connectivity index (χ0n) is 24.2. The predicted octanol–water partition coefficient (Wildman–Crippen LogP) is 6.25. The maximum absolute atomic E-state index is 12.8. The molecule has 4 rings (SSSR count). The van der Waals surface area contributed by atoms with Crippen molar-refractivity contribution >= 4 is 41.0 Å². The van der Waals surface area contributed by atoms with Gasteiger partial charge in [-0.1, -0.05) is 60.7 Å². The van der Waals surface area contributed by atoms with E-state index < -0.39 is 33.7 Å². The first-order valence-corrected chi connectivity index (χ1v) is 14.7. The number of hydrogen-bond donors (Lipinski definition) is 2. The number of non-ortho nitro benzene ring substituents is 2. The molecular formula is C32H29N3O9S. The van der Waals surface area contributed by atoms with Gasteiger partial charge in [-0.2, -0.15) is 11.8 Å². The summed E-state index contributed by atoms with van der Waals surface area (Å²) < 4.78 is 4.76. The zero-order chi connectivity index (χ0) is 32.9. The molecule has 45 heavy (non-hydrogen) atoms. The number of amides is 1. The van der Waals surface area contributed by atoms with Crippen molar-refractivity contribution in [2.24, 2.45) is 0 Å². The van der Waals surface area contributed by atoms with Gasteiger partial charge < -0.3 is 15.2 Å². The molecule has 0 spiro atoms. The molecule has 4 aromatic carbocycles. The largest absolute Gasteiger partial charge is 0.478 e. The number of benzene rings is 4. The number of thioether (sulfide) groups is 1. The summed E-state index contributed by atoms with van der Waals surface area (Å²) in [5.74, 6) is -1.45.